The molecule has 0 radical (unpaired) electrons. The molecule has 0 unspecified atom stereocenters. The van der Waals surface area contributed by atoms with Crippen LogP contribution in [0.15, 0.2) is 24.4 Å². The Morgan fingerprint density at radius 3 is 2.75 bits per heavy atom. The Bertz CT molecular complexity index is 491. The van der Waals surface area contributed by atoms with Crippen LogP contribution in [0.1, 0.15) is 16.8 Å². The summed E-state index contributed by atoms with van der Waals surface area (Å²) < 4.78 is 1.73. The summed E-state index contributed by atoms with van der Waals surface area (Å²) in [5.41, 5.74) is 4.30. The predicted octanol–water partition coefficient (Wildman–Crippen LogP) is 1.42. The Labute approximate surface area is 94.5 Å². The highest BCUT2D eigenvalue weighted by Crippen LogP contribution is 2.13. The quantitative estimate of drug-likeness (QED) is 0.846. The summed E-state index contributed by atoms with van der Waals surface area (Å²) in [5.74, 6) is 0. The summed E-state index contributed by atoms with van der Waals surface area (Å²) in [6.45, 7) is 4.26. The summed E-state index contributed by atoms with van der Waals surface area (Å²) >= 11 is 0. The molecule has 0 aliphatic rings. The van der Waals surface area contributed by atoms with Gasteiger partial charge >= 0.3 is 0 Å². The van der Waals surface area contributed by atoms with Crippen molar-refractivity contribution in [3.05, 3.63) is 41.2 Å². The highest BCUT2D eigenvalue weighted by atomic mass is 16.3. The van der Waals surface area contributed by atoms with E-state index in [2.05, 4.69) is 36.3 Å². The number of aryl methyl sites for hydroxylation is 2. The van der Waals surface area contributed by atoms with Gasteiger partial charge in [-0.1, -0.05) is 11.3 Å². The average Bonchev–Trinajstić information content (AvgIpc) is 2.71. The van der Waals surface area contributed by atoms with Crippen molar-refractivity contribution in [3.8, 4) is 5.69 Å². The van der Waals surface area contributed by atoms with E-state index >= 15 is 0 Å². The van der Waals surface area contributed by atoms with Crippen LogP contribution >= 0.6 is 0 Å². The van der Waals surface area contributed by atoms with Gasteiger partial charge in [0.05, 0.1) is 17.6 Å². The highest BCUT2D eigenvalue weighted by molar-refractivity contribution is 5.38. The van der Waals surface area contributed by atoms with Crippen LogP contribution in [0.2, 0.25) is 0 Å². The van der Waals surface area contributed by atoms with Crippen molar-refractivity contribution in [1.82, 2.24) is 15.0 Å². The van der Waals surface area contributed by atoms with Crippen molar-refractivity contribution in [2.24, 2.45) is 0 Å². The van der Waals surface area contributed by atoms with Crippen LogP contribution in [0.3, 0.4) is 0 Å². The molecule has 1 heterocycles. The van der Waals surface area contributed by atoms with E-state index in [1.807, 2.05) is 12.3 Å². The molecule has 2 rings (SSSR count). The van der Waals surface area contributed by atoms with Crippen molar-refractivity contribution < 1.29 is 5.11 Å². The van der Waals surface area contributed by atoms with E-state index < -0.39 is 0 Å². The second-order valence-electron chi connectivity index (χ2n) is 3.90. The molecule has 0 saturated heterocycles. The van der Waals surface area contributed by atoms with Gasteiger partial charge in [0, 0.05) is 13.0 Å². The fourth-order valence-electron chi connectivity index (χ4n) is 1.52. The van der Waals surface area contributed by atoms with Gasteiger partial charge in [0.25, 0.3) is 0 Å². The number of nitrogens with zero attached hydrogens (tertiary/aromatic N) is 3. The zero-order chi connectivity index (χ0) is 11.5. The first-order chi connectivity index (χ1) is 7.70. The molecule has 1 aromatic carbocycles. The van der Waals surface area contributed by atoms with E-state index in [1.165, 1.54) is 11.1 Å². The minimum atomic E-state index is 0.103. The first kappa shape index (κ1) is 10.8. The lowest BCUT2D eigenvalue weighted by Gasteiger charge is -2.03. The van der Waals surface area contributed by atoms with Crippen LogP contribution in [0, 0.1) is 13.8 Å². The number of benzene rings is 1. The Morgan fingerprint density at radius 2 is 2.06 bits per heavy atom. The summed E-state index contributed by atoms with van der Waals surface area (Å²) in [6, 6.07) is 6.16. The molecule has 4 heteroatoms. The van der Waals surface area contributed by atoms with Crippen molar-refractivity contribution >= 4 is 0 Å². The molecule has 0 aliphatic heterocycles. The average molecular weight is 217 g/mol. The number of aromatic nitrogens is 3. The summed E-state index contributed by atoms with van der Waals surface area (Å²) in [7, 11) is 0. The Kier molecular flexibility index (Phi) is 3.01. The maximum absolute atomic E-state index is 8.80. The van der Waals surface area contributed by atoms with Gasteiger partial charge in [-0.05, 0) is 37.1 Å². The van der Waals surface area contributed by atoms with Crippen LogP contribution in [-0.2, 0) is 6.42 Å². The lowest BCUT2D eigenvalue weighted by molar-refractivity contribution is 0.298. The second-order valence-corrected chi connectivity index (χ2v) is 3.90. The molecule has 4 nitrogen and oxygen atoms in total. The minimum Gasteiger partial charge on any atom is -0.396 e. The van der Waals surface area contributed by atoms with Gasteiger partial charge in [0.15, 0.2) is 0 Å². The number of hydrogen-bond donors (Lipinski definition) is 1. The van der Waals surface area contributed by atoms with Crippen molar-refractivity contribution in [2.75, 3.05) is 6.61 Å². The van der Waals surface area contributed by atoms with E-state index in [4.69, 9.17) is 5.11 Å². The molecule has 0 amide bonds. The molecule has 0 fully saturated rings. The number of hydrogen-bond acceptors (Lipinski definition) is 3. The SMILES string of the molecule is Cc1ccc(-n2cc(CCO)nn2)cc1C. The van der Waals surface area contributed by atoms with Gasteiger partial charge in [-0.15, -0.1) is 5.10 Å². The van der Waals surface area contributed by atoms with Crippen molar-refractivity contribution in [1.29, 1.82) is 0 Å². The summed E-state index contributed by atoms with van der Waals surface area (Å²) in [6.07, 6.45) is 2.39. The number of aliphatic hydroxyl groups excluding tert-OH is 1. The zero-order valence-corrected chi connectivity index (χ0v) is 9.51. The number of aliphatic hydroxyl groups is 1. The molecular weight excluding hydrogens is 202 g/mol. The Balaban J connectivity index is 2.31. The molecule has 16 heavy (non-hydrogen) atoms. The third kappa shape index (κ3) is 2.12. The first-order valence-electron chi connectivity index (χ1n) is 5.30. The molecule has 0 atom stereocenters. The smallest absolute Gasteiger partial charge is 0.0854 e. The van der Waals surface area contributed by atoms with Crippen LogP contribution < -0.4 is 0 Å². The van der Waals surface area contributed by atoms with E-state index in [0.29, 0.717) is 6.42 Å². The maximum atomic E-state index is 8.80. The summed E-state index contributed by atoms with van der Waals surface area (Å²) in [4.78, 5) is 0. The van der Waals surface area contributed by atoms with Crippen LogP contribution in [-0.4, -0.2) is 26.7 Å². The minimum absolute atomic E-state index is 0.103. The fraction of sp³-hybridized carbons (Fsp3) is 0.333. The molecular formula is C12H15N3O. The lowest BCUT2D eigenvalue weighted by atomic mass is 10.1. The van der Waals surface area contributed by atoms with Crippen LogP contribution in [0.4, 0.5) is 0 Å². The van der Waals surface area contributed by atoms with E-state index in [9.17, 15) is 0 Å². The van der Waals surface area contributed by atoms with Gasteiger partial charge < -0.3 is 5.11 Å². The van der Waals surface area contributed by atoms with Crippen molar-refractivity contribution in [3.63, 3.8) is 0 Å². The van der Waals surface area contributed by atoms with Gasteiger partial charge in [0.1, 0.15) is 0 Å². The number of rotatable bonds is 3. The van der Waals surface area contributed by atoms with E-state index in [1.54, 1.807) is 4.68 Å². The summed E-state index contributed by atoms with van der Waals surface area (Å²) in [5, 5.41) is 16.8. The predicted molar refractivity (Wildman–Crippen MR) is 61.6 cm³/mol. The van der Waals surface area contributed by atoms with Gasteiger partial charge in [-0.3, -0.25) is 0 Å². The largest absolute Gasteiger partial charge is 0.396 e. The fourth-order valence-corrected chi connectivity index (χ4v) is 1.52. The monoisotopic (exact) mass is 217 g/mol. The Morgan fingerprint density at radius 1 is 1.25 bits per heavy atom. The maximum Gasteiger partial charge on any atom is 0.0854 e. The van der Waals surface area contributed by atoms with Crippen LogP contribution in [0.5, 0.6) is 0 Å². The highest BCUT2D eigenvalue weighted by Gasteiger charge is 2.03. The third-order valence-corrected chi connectivity index (χ3v) is 2.66. The van der Waals surface area contributed by atoms with E-state index in [-0.39, 0.29) is 6.61 Å². The molecule has 84 valence electrons. The van der Waals surface area contributed by atoms with Crippen molar-refractivity contribution in [2.45, 2.75) is 20.3 Å². The topological polar surface area (TPSA) is 50.9 Å². The standard InChI is InChI=1S/C12H15N3O/c1-9-3-4-12(7-10(9)2)15-8-11(5-6-16)13-14-15/h3-4,7-8,16H,5-6H2,1-2H3. The van der Waals surface area contributed by atoms with Crippen LogP contribution in [0.25, 0.3) is 5.69 Å². The third-order valence-electron chi connectivity index (χ3n) is 2.66. The first-order valence-corrected chi connectivity index (χ1v) is 5.30. The zero-order valence-electron chi connectivity index (χ0n) is 9.51. The molecule has 0 saturated carbocycles. The Hall–Kier alpha value is -1.68. The van der Waals surface area contributed by atoms with E-state index in [0.717, 1.165) is 11.4 Å². The lowest BCUT2D eigenvalue weighted by Crippen LogP contribution is -1.96. The molecule has 0 aliphatic carbocycles. The second kappa shape index (κ2) is 4.45. The normalized spacial score (nSPS) is 10.7. The molecule has 0 bridgehead atoms. The molecule has 1 aromatic heterocycles. The van der Waals surface area contributed by atoms with Gasteiger partial charge in [-0.25, -0.2) is 4.68 Å². The molecule has 0 spiro atoms. The molecule has 2 aromatic rings. The van der Waals surface area contributed by atoms with Gasteiger partial charge in [-0.2, -0.15) is 0 Å². The van der Waals surface area contributed by atoms with Gasteiger partial charge in [0.2, 0.25) is 0 Å². The molecule has 1 N–H and O–H groups in total.